The Morgan fingerprint density at radius 2 is 1.48 bits per heavy atom. The highest BCUT2D eigenvalue weighted by molar-refractivity contribution is 5.78. The quantitative estimate of drug-likeness (QED) is 0.292. The summed E-state index contributed by atoms with van der Waals surface area (Å²) in [5.41, 5.74) is -1.82. The fraction of sp³-hybridized carbons (Fsp3) is 0.824. The number of aliphatic carboxylic acids is 2. The number of hydrogen-bond donors (Lipinski definition) is 2. The van der Waals surface area contributed by atoms with Crippen molar-refractivity contribution >= 4 is 23.9 Å². The summed E-state index contributed by atoms with van der Waals surface area (Å²) in [7, 11) is 0. The molecule has 0 radical (unpaired) electrons. The van der Waals surface area contributed by atoms with Gasteiger partial charge in [-0.2, -0.15) is 0 Å². The highest BCUT2D eigenvalue weighted by Crippen LogP contribution is 2.76. The second kappa shape index (κ2) is 9.82. The summed E-state index contributed by atoms with van der Waals surface area (Å²) in [6, 6.07) is 0. The lowest BCUT2D eigenvalue weighted by Crippen LogP contribution is -2.69. The normalized spacial score (nSPS) is 49.6. The minimum atomic E-state index is -1.44. The number of carboxylic acids is 2. The Kier molecular flexibility index (Phi) is 7.26. The van der Waals surface area contributed by atoms with Crippen LogP contribution in [0.2, 0.25) is 0 Å². The van der Waals surface area contributed by atoms with E-state index < -0.39 is 52.3 Å². The fourth-order valence-electron chi connectivity index (χ4n) is 11.6. The van der Waals surface area contributed by atoms with E-state index in [4.69, 9.17) is 9.47 Å². The van der Waals surface area contributed by atoms with Gasteiger partial charge in [0.05, 0.1) is 5.41 Å². The summed E-state index contributed by atoms with van der Waals surface area (Å²) in [6.45, 7) is 15.6. The third-order valence-electron chi connectivity index (χ3n) is 14.0. The molecule has 12 atom stereocenters. The second-order valence-corrected chi connectivity index (χ2v) is 15.6. The van der Waals surface area contributed by atoms with E-state index >= 15 is 0 Å². The van der Waals surface area contributed by atoms with Crippen molar-refractivity contribution in [3.8, 4) is 0 Å². The van der Waals surface area contributed by atoms with Crippen molar-refractivity contribution in [3.63, 3.8) is 0 Å². The van der Waals surface area contributed by atoms with Crippen molar-refractivity contribution in [2.75, 3.05) is 0 Å². The van der Waals surface area contributed by atoms with Crippen LogP contribution in [-0.4, -0.2) is 46.3 Å². The molecule has 8 heteroatoms. The lowest BCUT2D eigenvalue weighted by Gasteiger charge is -2.71. The number of carbonyl (C=O) groups is 4. The first-order chi connectivity index (χ1) is 19.4. The third-order valence-corrected chi connectivity index (χ3v) is 14.0. The van der Waals surface area contributed by atoms with Gasteiger partial charge in [-0.1, -0.05) is 46.3 Å². The number of carbonyl (C=O) groups excluding carboxylic acids is 2. The number of allylic oxidation sites excluding steroid dienone is 2. The minimum Gasteiger partial charge on any atom is -0.481 e. The first-order valence-corrected chi connectivity index (χ1v) is 15.9. The van der Waals surface area contributed by atoms with Gasteiger partial charge in [0.15, 0.2) is 6.10 Å². The second-order valence-electron chi connectivity index (χ2n) is 15.6. The molecule has 0 aromatic rings. The minimum absolute atomic E-state index is 0.0152. The van der Waals surface area contributed by atoms with Crippen molar-refractivity contribution < 1.29 is 38.9 Å². The Hall–Kier alpha value is -2.38. The Bertz CT molecular complexity index is 1220. The molecule has 0 spiro atoms. The van der Waals surface area contributed by atoms with Gasteiger partial charge < -0.3 is 19.7 Å². The van der Waals surface area contributed by atoms with Crippen LogP contribution >= 0.6 is 0 Å². The summed E-state index contributed by atoms with van der Waals surface area (Å²) < 4.78 is 11.5. The van der Waals surface area contributed by atoms with Crippen molar-refractivity contribution in [2.45, 2.75) is 119 Å². The van der Waals surface area contributed by atoms with Crippen molar-refractivity contribution in [1.82, 2.24) is 0 Å². The molecule has 0 unspecified atom stereocenters. The monoisotopic (exact) mass is 586 g/mol. The lowest BCUT2D eigenvalue weighted by molar-refractivity contribution is -0.250. The average Bonchev–Trinajstić information content (AvgIpc) is 2.88. The lowest BCUT2D eigenvalue weighted by atomic mass is 9.33. The summed E-state index contributed by atoms with van der Waals surface area (Å²) in [5, 5.41) is 21.4. The number of hydrogen-bond acceptors (Lipinski definition) is 6. The zero-order valence-electron chi connectivity index (χ0n) is 26.6. The van der Waals surface area contributed by atoms with Crippen molar-refractivity contribution in [1.29, 1.82) is 0 Å². The zero-order chi connectivity index (χ0) is 31.2. The van der Waals surface area contributed by atoms with Gasteiger partial charge in [-0.15, -0.1) is 0 Å². The van der Waals surface area contributed by atoms with Gasteiger partial charge in [0, 0.05) is 13.8 Å². The van der Waals surface area contributed by atoms with Crippen LogP contribution in [0.15, 0.2) is 11.6 Å². The molecule has 8 nitrogen and oxygen atoms in total. The molecule has 234 valence electrons. The third kappa shape index (κ3) is 3.91. The number of rotatable bonds is 4. The molecular formula is C34H50O8. The van der Waals surface area contributed by atoms with E-state index in [0.29, 0.717) is 31.6 Å². The van der Waals surface area contributed by atoms with Gasteiger partial charge in [0.1, 0.15) is 11.5 Å². The highest BCUT2D eigenvalue weighted by atomic mass is 16.6. The first-order valence-electron chi connectivity index (χ1n) is 15.9. The number of esters is 2. The number of fused-ring (bicyclic) bond motifs is 7. The van der Waals surface area contributed by atoms with Crippen LogP contribution in [0.25, 0.3) is 0 Å². The van der Waals surface area contributed by atoms with Crippen LogP contribution in [0.3, 0.4) is 0 Å². The van der Waals surface area contributed by atoms with Gasteiger partial charge in [-0.05, 0) is 104 Å². The molecule has 5 aliphatic rings. The Morgan fingerprint density at radius 1 is 0.833 bits per heavy atom. The molecule has 2 N–H and O–H groups in total. The summed E-state index contributed by atoms with van der Waals surface area (Å²) in [6.07, 6.45) is 6.04. The smallest absolute Gasteiger partial charge is 0.313 e. The molecule has 0 aromatic heterocycles. The topological polar surface area (TPSA) is 127 Å². The molecule has 0 bridgehead atoms. The molecule has 0 heterocycles. The van der Waals surface area contributed by atoms with Crippen molar-refractivity contribution in [2.24, 2.45) is 56.7 Å². The van der Waals surface area contributed by atoms with E-state index in [0.717, 1.165) is 25.7 Å². The maximum Gasteiger partial charge on any atom is 0.313 e. The van der Waals surface area contributed by atoms with E-state index in [1.165, 1.54) is 19.4 Å². The largest absolute Gasteiger partial charge is 0.481 e. The van der Waals surface area contributed by atoms with Crippen LogP contribution in [0.5, 0.6) is 0 Å². The molecule has 0 aromatic carbocycles. The van der Waals surface area contributed by atoms with Gasteiger partial charge in [-0.3, -0.25) is 19.2 Å². The van der Waals surface area contributed by atoms with Gasteiger partial charge in [0.2, 0.25) is 0 Å². The predicted molar refractivity (Wildman–Crippen MR) is 155 cm³/mol. The molecule has 5 aliphatic carbocycles. The van der Waals surface area contributed by atoms with E-state index in [-0.39, 0.29) is 34.5 Å². The van der Waals surface area contributed by atoms with Crippen molar-refractivity contribution in [3.05, 3.63) is 11.6 Å². The van der Waals surface area contributed by atoms with Gasteiger partial charge in [-0.25, -0.2) is 0 Å². The van der Waals surface area contributed by atoms with E-state index in [1.807, 2.05) is 0 Å². The van der Waals surface area contributed by atoms with Gasteiger partial charge >= 0.3 is 23.9 Å². The van der Waals surface area contributed by atoms with Crippen LogP contribution in [0.4, 0.5) is 0 Å². The van der Waals surface area contributed by atoms with E-state index in [2.05, 4.69) is 40.7 Å². The first kappa shape index (κ1) is 31.1. The van der Waals surface area contributed by atoms with Gasteiger partial charge in [0.25, 0.3) is 0 Å². The molecule has 4 fully saturated rings. The molecule has 4 saturated carbocycles. The fourth-order valence-corrected chi connectivity index (χ4v) is 11.6. The summed E-state index contributed by atoms with van der Waals surface area (Å²) in [4.78, 5) is 50.6. The number of carboxylic acid groups (broad SMARTS) is 2. The number of ether oxygens (including phenoxy) is 2. The highest BCUT2D eigenvalue weighted by Gasteiger charge is 2.73. The Labute approximate surface area is 250 Å². The zero-order valence-corrected chi connectivity index (χ0v) is 26.6. The Morgan fingerprint density at radius 3 is 2.05 bits per heavy atom. The molecule has 0 saturated heterocycles. The molecule has 5 rings (SSSR count). The maximum atomic E-state index is 13.2. The van der Waals surface area contributed by atoms with Crippen LogP contribution in [-0.2, 0) is 28.7 Å². The summed E-state index contributed by atoms with van der Waals surface area (Å²) in [5.74, 6) is -2.35. The SMILES string of the molecule is CC(=O)O[C@@H]1C[C@@]2(C)[C@@H](CC[C@]3(C)[C@@H]2CC=C2[C@@H]4[C@@H](C)[C@@H](C)CC[C@]4(C(=O)O)CC[C@]23C)[C@@](C)(C(=O)O)[C@H]1OC(C)=O. The molecule has 0 amide bonds. The van der Waals surface area contributed by atoms with Crippen LogP contribution in [0.1, 0.15) is 107 Å². The molecule has 42 heavy (non-hydrogen) atoms. The standard InChI is InChI=1S/C34H50O8/c1-18-11-14-34(29(39)40)16-15-31(6)22(26(34)19(18)2)9-10-24-30(5)17-23(41-20(3)35)27(42-21(4)36)33(8,28(37)38)25(30)12-13-32(24,31)7/h9,18-19,23-27H,10-17H2,1-8H3,(H,37,38)(H,39,40)/t18-,19-,23+,24+,25+,26-,27-,30+,31+,32+,33+,34-/m0/s1. The van der Waals surface area contributed by atoms with Crippen LogP contribution < -0.4 is 0 Å². The maximum absolute atomic E-state index is 13.2. The van der Waals surface area contributed by atoms with E-state index in [9.17, 15) is 29.4 Å². The molecular weight excluding hydrogens is 536 g/mol. The van der Waals surface area contributed by atoms with E-state index in [1.54, 1.807) is 6.92 Å². The summed E-state index contributed by atoms with van der Waals surface area (Å²) >= 11 is 0. The average molecular weight is 587 g/mol. The Balaban J connectivity index is 1.64. The van der Waals surface area contributed by atoms with Crippen LogP contribution in [0, 0.1) is 56.7 Å². The predicted octanol–water partition coefficient (Wildman–Crippen LogP) is 6.27. The molecule has 0 aliphatic heterocycles.